The highest BCUT2D eigenvalue weighted by Gasteiger charge is 2.27. The molecule has 0 aliphatic rings. The Labute approximate surface area is 349 Å². The zero-order valence-electron chi connectivity index (χ0n) is 32.7. The van der Waals surface area contributed by atoms with E-state index in [9.17, 15) is 0 Å². The lowest BCUT2D eigenvalue weighted by atomic mass is 9.99. The average Bonchev–Trinajstić information content (AvgIpc) is 4.00. The first kappa shape index (κ1) is 33.6. The van der Waals surface area contributed by atoms with E-state index in [2.05, 4.69) is 167 Å². The number of aromatic nitrogens is 5. The van der Waals surface area contributed by atoms with Gasteiger partial charge in [-0.05, 0) is 65.4 Å². The van der Waals surface area contributed by atoms with Crippen molar-refractivity contribution < 1.29 is 4.42 Å². The van der Waals surface area contributed by atoms with E-state index in [1.54, 1.807) is 0 Å². The Hall–Kier alpha value is -8.35. The summed E-state index contributed by atoms with van der Waals surface area (Å²) < 4.78 is 11.7. The molecule has 0 saturated heterocycles. The number of hydrogen-bond donors (Lipinski definition) is 0. The van der Waals surface area contributed by atoms with E-state index in [-0.39, 0.29) is 0 Å². The van der Waals surface area contributed by atoms with Gasteiger partial charge in [0.25, 0.3) is 0 Å². The van der Waals surface area contributed by atoms with Crippen molar-refractivity contribution in [2.45, 2.75) is 0 Å². The van der Waals surface area contributed by atoms with E-state index < -0.39 is 0 Å². The van der Waals surface area contributed by atoms with Crippen LogP contribution in [0.15, 0.2) is 205 Å². The molecule has 0 spiro atoms. The molecule has 6 nitrogen and oxygen atoms in total. The first-order valence-electron chi connectivity index (χ1n) is 20.5. The molecule has 13 rings (SSSR count). The van der Waals surface area contributed by atoms with Crippen LogP contribution in [0.1, 0.15) is 0 Å². The quantitative estimate of drug-likeness (QED) is 0.175. The fraction of sp³-hybridized carbons (Fsp3) is 0. The molecule has 0 atom stereocenters. The van der Waals surface area contributed by atoms with Gasteiger partial charge in [-0.15, -0.1) is 0 Å². The number of hydrogen-bond acceptors (Lipinski definition) is 4. The minimum Gasteiger partial charge on any atom is -0.455 e. The van der Waals surface area contributed by atoms with Crippen LogP contribution in [0.4, 0.5) is 0 Å². The molecule has 0 amide bonds. The zero-order valence-corrected chi connectivity index (χ0v) is 32.7. The largest absolute Gasteiger partial charge is 0.455 e. The molecule has 9 aromatic carbocycles. The maximum absolute atomic E-state index is 6.96. The standard InChI is InChI=1S/C55H33N5O/c1-4-17-35(18-5-1)53-56-54(36-19-6-2-7-20-36)58-55(57-53)44-33-43-41-25-13-15-27-48(41)61-52(43)50-49-39-23-11-10-16-34(39)28-30-47(49)60(51(44)50)38-29-31-46-42(32-38)40-24-12-14-26-45(40)59(46)37-21-8-3-9-22-37/h1-33H. The van der Waals surface area contributed by atoms with Crippen LogP contribution >= 0.6 is 0 Å². The number of furan rings is 1. The van der Waals surface area contributed by atoms with Crippen molar-refractivity contribution >= 4 is 76.3 Å². The summed E-state index contributed by atoms with van der Waals surface area (Å²) >= 11 is 0. The molecule has 4 aromatic heterocycles. The summed E-state index contributed by atoms with van der Waals surface area (Å²) in [5, 5.41) is 8.84. The van der Waals surface area contributed by atoms with Crippen LogP contribution < -0.4 is 0 Å². The van der Waals surface area contributed by atoms with E-state index in [0.717, 1.165) is 99.0 Å². The molecule has 13 aromatic rings. The number of fused-ring (bicyclic) bond motifs is 12. The van der Waals surface area contributed by atoms with E-state index in [1.807, 2.05) is 42.5 Å². The third kappa shape index (κ3) is 5.06. The molecule has 0 saturated carbocycles. The van der Waals surface area contributed by atoms with Crippen LogP contribution in [0.2, 0.25) is 0 Å². The first-order valence-corrected chi connectivity index (χ1v) is 20.5. The van der Waals surface area contributed by atoms with E-state index in [4.69, 9.17) is 19.4 Å². The van der Waals surface area contributed by atoms with Gasteiger partial charge in [-0.3, -0.25) is 0 Å². The van der Waals surface area contributed by atoms with Gasteiger partial charge >= 0.3 is 0 Å². The minimum atomic E-state index is 0.583. The molecule has 0 aliphatic carbocycles. The molecule has 284 valence electrons. The van der Waals surface area contributed by atoms with Crippen molar-refractivity contribution in [3.05, 3.63) is 200 Å². The van der Waals surface area contributed by atoms with Gasteiger partial charge < -0.3 is 13.6 Å². The van der Waals surface area contributed by atoms with Gasteiger partial charge in [-0.2, -0.15) is 0 Å². The highest BCUT2D eigenvalue weighted by molar-refractivity contribution is 6.32. The summed E-state index contributed by atoms with van der Waals surface area (Å²) in [6.07, 6.45) is 0. The van der Waals surface area contributed by atoms with Crippen LogP contribution in [0.5, 0.6) is 0 Å². The van der Waals surface area contributed by atoms with Gasteiger partial charge in [0.05, 0.1) is 27.5 Å². The van der Waals surface area contributed by atoms with Crippen LogP contribution in [0.25, 0.3) is 122 Å². The molecular formula is C55H33N5O. The topological polar surface area (TPSA) is 61.7 Å². The summed E-state index contributed by atoms with van der Waals surface area (Å²) in [5.74, 6) is 1.80. The fourth-order valence-corrected chi connectivity index (χ4v) is 9.47. The normalized spacial score (nSPS) is 11.9. The van der Waals surface area contributed by atoms with Crippen LogP contribution in [-0.4, -0.2) is 24.1 Å². The molecule has 61 heavy (non-hydrogen) atoms. The lowest BCUT2D eigenvalue weighted by molar-refractivity contribution is 0.673. The van der Waals surface area contributed by atoms with Gasteiger partial charge in [0.15, 0.2) is 17.5 Å². The SMILES string of the molecule is c1ccc(-c2nc(-c3ccccc3)nc(-c3cc4c5ccccc5oc4c4c5c6ccccc6ccc5n(-c5ccc6c(c5)c5ccccc5n6-c5ccccc5)c34)n2)cc1. The molecule has 0 unspecified atom stereocenters. The second-order valence-corrected chi connectivity index (χ2v) is 15.6. The van der Waals surface area contributed by atoms with Gasteiger partial charge in [0, 0.05) is 55.0 Å². The molecule has 0 aliphatic heterocycles. The van der Waals surface area contributed by atoms with Crippen molar-refractivity contribution in [3.63, 3.8) is 0 Å². The number of nitrogens with zero attached hydrogens (tertiary/aromatic N) is 5. The van der Waals surface area contributed by atoms with E-state index in [0.29, 0.717) is 17.5 Å². The highest BCUT2D eigenvalue weighted by Crippen LogP contribution is 2.47. The second-order valence-electron chi connectivity index (χ2n) is 15.6. The molecule has 0 fully saturated rings. The predicted octanol–water partition coefficient (Wildman–Crippen LogP) is 14.1. The van der Waals surface area contributed by atoms with Gasteiger partial charge in [-0.1, -0.05) is 146 Å². The smallest absolute Gasteiger partial charge is 0.166 e. The van der Waals surface area contributed by atoms with E-state index in [1.165, 1.54) is 5.39 Å². The fourth-order valence-electron chi connectivity index (χ4n) is 9.47. The average molecular weight is 780 g/mol. The Balaban J connectivity index is 1.22. The summed E-state index contributed by atoms with van der Waals surface area (Å²) in [5.41, 5.74) is 10.9. The summed E-state index contributed by atoms with van der Waals surface area (Å²) in [6.45, 7) is 0. The Morgan fingerprint density at radius 3 is 1.70 bits per heavy atom. The van der Waals surface area contributed by atoms with Crippen LogP contribution in [-0.2, 0) is 0 Å². The van der Waals surface area contributed by atoms with Gasteiger partial charge in [0.1, 0.15) is 11.2 Å². The van der Waals surface area contributed by atoms with Gasteiger partial charge in [-0.25, -0.2) is 15.0 Å². The molecular weight excluding hydrogens is 747 g/mol. The number of para-hydroxylation sites is 3. The monoisotopic (exact) mass is 779 g/mol. The van der Waals surface area contributed by atoms with E-state index >= 15 is 0 Å². The number of rotatable bonds is 5. The summed E-state index contributed by atoms with van der Waals surface area (Å²) in [6, 6.07) is 70.2. The summed E-state index contributed by atoms with van der Waals surface area (Å²) in [7, 11) is 0. The predicted molar refractivity (Wildman–Crippen MR) is 250 cm³/mol. The van der Waals surface area contributed by atoms with Crippen LogP contribution in [0.3, 0.4) is 0 Å². The Bertz CT molecular complexity index is 3810. The minimum absolute atomic E-state index is 0.583. The Kier molecular flexibility index (Phi) is 7.21. The molecule has 0 bridgehead atoms. The van der Waals surface area contributed by atoms with Crippen molar-refractivity contribution in [1.29, 1.82) is 0 Å². The first-order chi connectivity index (χ1) is 30.3. The third-order valence-corrected chi connectivity index (χ3v) is 12.1. The maximum atomic E-state index is 6.96. The lowest BCUT2D eigenvalue weighted by Crippen LogP contribution is -2.02. The Morgan fingerprint density at radius 2 is 0.951 bits per heavy atom. The number of benzene rings is 9. The molecule has 0 N–H and O–H groups in total. The van der Waals surface area contributed by atoms with Gasteiger partial charge in [0.2, 0.25) is 0 Å². The summed E-state index contributed by atoms with van der Waals surface area (Å²) in [4.78, 5) is 15.8. The van der Waals surface area contributed by atoms with Crippen molar-refractivity contribution in [2.75, 3.05) is 0 Å². The van der Waals surface area contributed by atoms with Crippen molar-refractivity contribution in [3.8, 4) is 45.5 Å². The zero-order chi connectivity index (χ0) is 40.0. The maximum Gasteiger partial charge on any atom is 0.166 e. The van der Waals surface area contributed by atoms with Crippen molar-refractivity contribution in [1.82, 2.24) is 24.1 Å². The molecule has 0 radical (unpaired) electrons. The lowest BCUT2D eigenvalue weighted by Gasteiger charge is -2.14. The second kappa shape index (κ2) is 13.1. The van der Waals surface area contributed by atoms with Crippen LogP contribution in [0, 0.1) is 0 Å². The molecule has 6 heteroatoms. The van der Waals surface area contributed by atoms with Crippen molar-refractivity contribution in [2.24, 2.45) is 0 Å². The third-order valence-electron chi connectivity index (χ3n) is 12.1. The Morgan fingerprint density at radius 1 is 0.361 bits per heavy atom. The molecule has 4 heterocycles. The highest BCUT2D eigenvalue weighted by atomic mass is 16.3.